The first-order chi connectivity index (χ1) is 9.08. The van der Waals surface area contributed by atoms with Crippen molar-refractivity contribution in [1.29, 1.82) is 0 Å². The zero-order valence-corrected chi connectivity index (χ0v) is 12.7. The predicted octanol–water partition coefficient (Wildman–Crippen LogP) is 1.77. The zero-order valence-electron chi connectivity index (χ0n) is 12.7. The maximum Gasteiger partial charge on any atom is 0.162 e. The molecule has 0 aliphatic heterocycles. The first kappa shape index (κ1) is 15.2. The lowest BCUT2D eigenvalue weighted by atomic mass is 9.61. The van der Waals surface area contributed by atoms with E-state index in [9.17, 15) is 5.11 Å². The average Bonchev–Trinajstić information content (AvgIpc) is 2.82. The van der Waals surface area contributed by atoms with Crippen LogP contribution in [0.5, 0.6) is 0 Å². The number of rotatable bonds is 5. The molecule has 0 radical (unpaired) electrons. The molecule has 5 atom stereocenters. The summed E-state index contributed by atoms with van der Waals surface area (Å²) in [5, 5.41) is 14.0. The van der Waals surface area contributed by atoms with Gasteiger partial charge in [-0.05, 0) is 38.1 Å². The molecule has 2 aliphatic carbocycles. The summed E-state index contributed by atoms with van der Waals surface area (Å²) in [6.07, 6.45) is 3.77. The number of methoxy groups -OCH3 is 2. The van der Waals surface area contributed by atoms with Gasteiger partial charge in [0, 0.05) is 31.6 Å². The number of nitrogens with one attached hydrogen (secondary N) is 1. The van der Waals surface area contributed by atoms with Gasteiger partial charge in [0.15, 0.2) is 6.29 Å². The van der Waals surface area contributed by atoms with Crippen LogP contribution in [0.25, 0.3) is 0 Å². The molecule has 0 spiro atoms. The molecule has 19 heavy (non-hydrogen) atoms. The maximum atomic E-state index is 10.4. The molecule has 0 bridgehead atoms. The number of fused-ring (bicyclic) bond motifs is 1. The van der Waals surface area contributed by atoms with E-state index in [4.69, 9.17) is 9.47 Å². The monoisotopic (exact) mass is 271 g/mol. The van der Waals surface area contributed by atoms with E-state index in [0.29, 0.717) is 17.9 Å². The molecule has 4 heteroatoms. The summed E-state index contributed by atoms with van der Waals surface area (Å²) in [7, 11) is 3.44. The Morgan fingerprint density at radius 2 is 1.95 bits per heavy atom. The Morgan fingerprint density at radius 3 is 2.53 bits per heavy atom. The van der Waals surface area contributed by atoms with E-state index < -0.39 is 0 Å². The molecular formula is C15H29NO3. The van der Waals surface area contributed by atoms with Crippen LogP contribution in [0.1, 0.15) is 39.5 Å². The molecule has 2 rings (SSSR count). The molecule has 4 nitrogen and oxygen atoms in total. The third-order valence-corrected chi connectivity index (χ3v) is 5.42. The second-order valence-corrected chi connectivity index (χ2v) is 6.34. The molecule has 2 aliphatic rings. The molecule has 0 heterocycles. The summed E-state index contributed by atoms with van der Waals surface area (Å²) >= 11 is 0. The molecular weight excluding hydrogens is 242 g/mol. The highest BCUT2D eigenvalue weighted by atomic mass is 16.7. The van der Waals surface area contributed by atoms with Gasteiger partial charge in [0.1, 0.15) is 0 Å². The Balaban J connectivity index is 2.21. The lowest BCUT2D eigenvalue weighted by molar-refractivity contribution is -0.214. The second kappa shape index (κ2) is 6.08. The molecule has 2 saturated carbocycles. The van der Waals surface area contributed by atoms with Gasteiger partial charge in [-0.1, -0.05) is 13.8 Å². The van der Waals surface area contributed by atoms with E-state index in [1.54, 1.807) is 14.2 Å². The number of hydrogen-bond donors (Lipinski definition) is 2. The standard InChI is InChI=1S/C15H29NO3/c1-5-16-11-7-6-10-13(11)12(17)8-9-15(10,2)14(18-3)19-4/h10-14,16-17H,5-9H2,1-4H3/t10-,11+,12-,13-,15+/m0/s1. The van der Waals surface area contributed by atoms with Crippen LogP contribution in [0.4, 0.5) is 0 Å². The van der Waals surface area contributed by atoms with Crippen LogP contribution in [-0.4, -0.2) is 44.3 Å². The minimum Gasteiger partial charge on any atom is -0.393 e. The van der Waals surface area contributed by atoms with Gasteiger partial charge in [-0.15, -0.1) is 0 Å². The lowest BCUT2D eigenvalue weighted by Crippen LogP contribution is -2.53. The summed E-state index contributed by atoms with van der Waals surface area (Å²) in [5.74, 6) is 0.816. The Hall–Kier alpha value is -0.160. The number of aliphatic hydroxyl groups excluding tert-OH is 1. The van der Waals surface area contributed by atoms with Gasteiger partial charge in [-0.25, -0.2) is 0 Å². The van der Waals surface area contributed by atoms with E-state index in [1.165, 1.54) is 0 Å². The van der Waals surface area contributed by atoms with Gasteiger partial charge < -0.3 is 19.9 Å². The largest absolute Gasteiger partial charge is 0.393 e. The lowest BCUT2D eigenvalue weighted by Gasteiger charge is -2.49. The van der Waals surface area contributed by atoms with Crippen LogP contribution >= 0.6 is 0 Å². The highest BCUT2D eigenvalue weighted by Gasteiger charge is 2.55. The van der Waals surface area contributed by atoms with Gasteiger partial charge in [0.25, 0.3) is 0 Å². The molecule has 112 valence electrons. The molecule has 0 unspecified atom stereocenters. The van der Waals surface area contributed by atoms with E-state index in [-0.39, 0.29) is 17.8 Å². The summed E-state index contributed by atoms with van der Waals surface area (Å²) in [5.41, 5.74) is 0.0115. The van der Waals surface area contributed by atoms with Crippen molar-refractivity contribution >= 4 is 0 Å². The van der Waals surface area contributed by atoms with Crippen molar-refractivity contribution in [1.82, 2.24) is 5.32 Å². The van der Waals surface area contributed by atoms with Crippen LogP contribution < -0.4 is 5.32 Å². The number of hydrogen-bond acceptors (Lipinski definition) is 4. The number of ether oxygens (including phenoxy) is 2. The van der Waals surface area contributed by atoms with Crippen molar-refractivity contribution in [3.63, 3.8) is 0 Å². The fourth-order valence-electron chi connectivity index (χ4n) is 4.59. The number of aliphatic hydroxyl groups is 1. The van der Waals surface area contributed by atoms with Gasteiger partial charge in [0.2, 0.25) is 0 Å². The van der Waals surface area contributed by atoms with Gasteiger partial charge in [-0.2, -0.15) is 0 Å². The van der Waals surface area contributed by atoms with Crippen LogP contribution in [0, 0.1) is 17.3 Å². The van der Waals surface area contributed by atoms with Crippen LogP contribution in [-0.2, 0) is 9.47 Å². The molecule has 2 fully saturated rings. The normalized spacial score (nSPS) is 42.6. The highest BCUT2D eigenvalue weighted by molar-refractivity contribution is 5.04. The molecule has 0 aromatic heterocycles. The summed E-state index contributed by atoms with van der Waals surface area (Å²) in [6, 6.07) is 0.444. The molecule has 2 N–H and O–H groups in total. The molecule has 0 aromatic rings. The Morgan fingerprint density at radius 1 is 1.26 bits per heavy atom. The minimum atomic E-state index is -0.181. The summed E-state index contributed by atoms with van der Waals surface area (Å²) < 4.78 is 11.1. The first-order valence-electron chi connectivity index (χ1n) is 7.55. The van der Waals surface area contributed by atoms with E-state index >= 15 is 0 Å². The molecule has 0 saturated heterocycles. The van der Waals surface area contributed by atoms with Gasteiger partial charge >= 0.3 is 0 Å². The van der Waals surface area contributed by atoms with Crippen molar-refractivity contribution < 1.29 is 14.6 Å². The SMILES string of the molecule is CCN[C@@H]1CC[C@H]2[C@@H]1[C@@H](O)CC[C@@]2(C)C(OC)OC. The van der Waals surface area contributed by atoms with Crippen molar-refractivity contribution in [2.24, 2.45) is 17.3 Å². The van der Waals surface area contributed by atoms with Gasteiger partial charge in [-0.3, -0.25) is 0 Å². The third-order valence-electron chi connectivity index (χ3n) is 5.42. The fraction of sp³-hybridized carbons (Fsp3) is 1.00. The van der Waals surface area contributed by atoms with E-state index in [1.807, 2.05) is 0 Å². The van der Waals surface area contributed by atoms with Crippen molar-refractivity contribution in [3.05, 3.63) is 0 Å². The Bertz CT molecular complexity index is 295. The van der Waals surface area contributed by atoms with Crippen molar-refractivity contribution in [2.75, 3.05) is 20.8 Å². The van der Waals surface area contributed by atoms with Crippen LogP contribution in [0.3, 0.4) is 0 Å². The predicted molar refractivity (Wildman–Crippen MR) is 74.8 cm³/mol. The Labute approximate surface area is 116 Å². The van der Waals surface area contributed by atoms with Crippen LogP contribution in [0.2, 0.25) is 0 Å². The fourth-order valence-corrected chi connectivity index (χ4v) is 4.59. The van der Waals surface area contributed by atoms with Crippen molar-refractivity contribution in [3.8, 4) is 0 Å². The smallest absolute Gasteiger partial charge is 0.162 e. The quantitative estimate of drug-likeness (QED) is 0.748. The maximum absolute atomic E-state index is 10.4. The summed E-state index contributed by atoms with van der Waals surface area (Å²) in [6.45, 7) is 5.37. The zero-order chi connectivity index (χ0) is 14.0. The third kappa shape index (κ3) is 2.56. The Kier molecular flexibility index (Phi) is 4.88. The van der Waals surface area contributed by atoms with Crippen LogP contribution in [0.15, 0.2) is 0 Å². The van der Waals surface area contributed by atoms with E-state index in [2.05, 4.69) is 19.2 Å². The van der Waals surface area contributed by atoms with Crippen molar-refractivity contribution in [2.45, 2.75) is 58.0 Å². The molecule has 0 aromatic carbocycles. The minimum absolute atomic E-state index is 0.0115. The van der Waals surface area contributed by atoms with Gasteiger partial charge in [0.05, 0.1) is 6.10 Å². The highest BCUT2D eigenvalue weighted by Crippen LogP contribution is 2.54. The summed E-state index contributed by atoms with van der Waals surface area (Å²) in [4.78, 5) is 0. The topological polar surface area (TPSA) is 50.7 Å². The second-order valence-electron chi connectivity index (χ2n) is 6.34. The first-order valence-corrected chi connectivity index (χ1v) is 7.55. The average molecular weight is 271 g/mol. The van der Waals surface area contributed by atoms with E-state index in [0.717, 1.165) is 32.2 Å². The molecule has 0 amide bonds.